The number of halogens is 1. The summed E-state index contributed by atoms with van der Waals surface area (Å²) in [4.78, 5) is 11.8. The quantitative estimate of drug-likeness (QED) is 0.466. The van der Waals surface area contributed by atoms with E-state index in [4.69, 9.17) is 16.3 Å². The van der Waals surface area contributed by atoms with Crippen LogP contribution in [0, 0.1) is 0 Å². The molecule has 0 saturated carbocycles. The van der Waals surface area contributed by atoms with E-state index in [1.807, 2.05) is 54.6 Å². The molecule has 0 spiro atoms. The second-order valence-electron chi connectivity index (χ2n) is 6.01. The Morgan fingerprint density at radius 1 is 1.07 bits per heavy atom. The van der Waals surface area contributed by atoms with Gasteiger partial charge in [0.2, 0.25) is 0 Å². The van der Waals surface area contributed by atoms with Gasteiger partial charge in [-0.05, 0) is 42.5 Å². The Morgan fingerprint density at radius 3 is 2.74 bits per heavy atom. The lowest BCUT2D eigenvalue weighted by Crippen LogP contribution is -2.00. The number of H-pyrrole nitrogens is 1. The number of hydrogen-bond donors (Lipinski definition) is 2. The molecule has 3 aromatic carbocycles. The minimum Gasteiger partial charge on any atom is -0.465 e. The van der Waals surface area contributed by atoms with Gasteiger partial charge in [-0.2, -0.15) is 5.10 Å². The Balaban J connectivity index is 1.69. The highest BCUT2D eigenvalue weighted by Gasteiger charge is 2.12. The van der Waals surface area contributed by atoms with Crippen LogP contribution in [0.4, 0.5) is 11.4 Å². The number of anilines is 2. The molecule has 4 rings (SSSR count). The molecular weight excluding hydrogens is 362 g/mol. The van der Waals surface area contributed by atoms with Crippen molar-refractivity contribution in [1.29, 1.82) is 0 Å². The number of nitrogens with one attached hydrogen (secondary N) is 2. The molecule has 0 fully saturated rings. The van der Waals surface area contributed by atoms with Gasteiger partial charge >= 0.3 is 5.97 Å². The standard InChI is InChI=1S/C21H16ClN3O2/c1-27-21(26)14-6-4-5-13(11-14)20-16-10-9-15(12-19(16)24-25-20)23-18-8-3-2-7-17(18)22/h2-12,23H,1H3,(H,24,25). The van der Waals surface area contributed by atoms with Gasteiger partial charge in [0, 0.05) is 16.6 Å². The van der Waals surface area contributed by atoms with Crippen molar-refractivity contribution in [2.75, 3.05) is 12.4 Å². The molecule has 5 nitrogen and oxygen atoms in total. The number of methoxy groups -OCH3 is 1. The molecule has 1 heterocycles. The number of rotatable bonds is 4. The van der Waals surface area contributed by atoms with Gasteiger partial charge in [-0.15, -0.1) is 0 Å². The number of ether oxygens (including phenoxy) is 1. The van der Waals surface area contributed by atoms with Crippen molar-refractivity contribution in [1.82, 2.24) is 10.2 Å². The summed E-state index contributed by atoms with van der Waals surface area (Å²) in [5.74, 6) is -0.372. The second-order valence-corrected chi connectivity index (χ2v) is 6.42. The molecular formula is C21H16ClN3O2. The first-order chi connectivity index (χ1) is 13.2. The fraction of sp³-hybridized carbons (Fsp3) is 0.0476. The van der Waals surface area contributed by atoms with E-state index >= 15 is 0 Å². The number of fused-ring (bicyclic) bond motifs is 1. The van der Waals surface area contributed by atoms with E-state index in [1.165, 1.54) is 7.11 Å². The average molecular weight is 378 g/mol. The van der Waals surface area contributed by atoms with Crippen LogP contribution in [0.1, 0.15) is 10.4 Å². The summed E-state index contributed by atoms with van der Waals surface area (Å²) in [5.41, 5.74) is 4.72. The summed E-state index contributed by atoms with van der Waals surface area (Å²) in [6.45, 7) is 0. The van der Waals surface area contributed by atoms with Crippen molar-refractivity contribution < 1.29 is 9.53 Å². The normalized spacial score (nSPS) is 10.7. The van der Waals surface area contributed by atoms with Crippen LogP contribution in [0.3, 0.4) is 0 Å². The number of esters is 1. The third-order valence-corrected chi connectivity index (χ3v) is 4.60. The first-order valence-corrected chi connectivity index (χ1v) is 8.72. The molecule has 0 aliphatic rings. The van der Waals surface area contributed by atoms with Gasteiger partial charge in [-0.3, -0.25) is 5.10 Å². The van der Waals surface area contributed by atoms with Crippen molar-refractivity contribution in [3.05, 3.63) is 77.3 Å². The molecule has 2 N–H and O–H groups in total. The number of carbonyl (C=O) groups excluding carboxylic acids is 1. The van der Waals surface area contributed by atoms with E-state index < -0.39 is 0 Å². The van der Waals surface area contributed by atoms with Crippen LogP contribution in [0.2, 0.25) is 5.02 Å². The van der Waals surface area contributed by atoms with Gasteiger partial charge in [-0.1, -0.05) is 35.9 Å². The van der Waals surface area contributed by atoms with E-state index in [-0.39, 0.29) is 5.97 Å². The first-order valence-electron chi connectivity index (χ1n) is 8.34. The van der Waals surface area contributed by atoms with Crippen molar-refractivity contribution in [3.8, 4) is 11.3 Å². The van der Waals surface area contributed by atoms with Crippen molar-refractivity contribution in [2.24, 2.45) is 0 Å². The van der Waals surface area contributed by atoms with Gasteiger partial charge in [0.05, 0.1) is 34.6 Å². The van der Waals surface area contributed by atoms with E-state index in [0.29, 0.717) is 10.6 Å². The van der Waals surface area contributed by atoms with E-state index in [0.717, 1.165) is 33.5 Å². The molecule has 4 aromatic rings. The molecule has 134 valence electrons. The van der Waals surface area contributed by atoms with Crippen LogP contribution in [-0.2, 0) is 4.74 Å². The average Bonchev–Trinajstić information content (AvgIpc) is 3.12. The van der Waals surface area contributed by atoms with Crippen LogP contribution >= 0.6 is 11.6 Å². The van der Waals surface area contributed by atoms with Gasteiger partial charge in [-0.25, -0.2) is 4.79 Å². The maximum atomic E-state index is 11.8. The Kier molecular flexibility index (Phi) is 4.52. The largest absolute Gasteiger partial charge is 0.465 e. The van der Waals surface area contributed by atoms with Crippen LogP contribution in [-0.4, -0.2) is 23.3 Å². The predicted molar refractivity (Wildman–Crippen MR) is 108 cm³/mol. The minimum absolute atomic E-state index is 0.372. The molecule has 0 unspecified atom stereocenters. The minimum atomic E-state index is -0.372. The van der Waals surface area contributed by atoms with E-state index in [9.17, 15) is 4.79 Å². The van der Waals surface area contributed by atoms with Crippen molar-refractivity contribution in [2.45, 2.75) is 0 Å². The summed E-state index contributed by atoms with van der Waals surface area (Å²) in [7, 11) is 1.37. The van der Waals surface area contributed by atoms with Crippen molar-refractivity contribution >= 4 is 39.8 Å². The SMILES string of the molecule is COC(=O)c1cccc(-c2n[nH]c3cc(Nc4ccccc4Cl)ccc23)c1. The molecule has 0 atom stereocenters. The zero-order valence-electron chi connectivity index (χ0n) is 14.5. The Hall–Kier alpha value is -3.31. The fourth-order valence-corrected chi connectivity index (χ4v) is 3.13. The lowest BCUT2D eigenvalue weighted by molar-refractivity contribution is 0.0601. The van der Waals surface area contributed by atoms with E-state index in [1.54, 1.807) is 12.1 Å². The summed E-state index contributed by atoms with van der Waals surface area (Å²) in [6.07, 6.45) is 0. The van der Waals surface area contributed by atoms with Gasteiger partial charge in [0.25, 0.3) is 0 Å². The molecule has 0 aliphatic carbocycles. The highest BCUT2D eigenvalue weighted by molar-refractivity contribution is 6.33. The van der Waals surface area contributed by atoms with Crippen molar-refractivity contribution in [3.63, 3.8) is 0 Å². The lowest BCUT2D eigenvalue weighted by atomic mass is 10.0. The lowest BCUT2D eigenvalue weighted by Gasteiger charge is -2.08. The molecule has 6 heteroatoms. The fourth-order valence-electron chi connectivity index (χ4n) is 2.95. The number of carbonyl (C=O) groups is 1. The highest BCUT2D eigenvalue weighted by atomic mass is 35.5. The molecule has 0 aliphatic heterocycles. The predicted octanol–water partition coefficient (Wildman–Crippen LogP) is 5.41. The number of hydrogen-bond acceptors (Lipinski definition) is 4. The maximum Gasteiger partial charge on any atom is 0.337 e. The molecule has 0 saturated heterocycles. The van der Waals surface area contributed by atoms with Crippen LogP contribution in [0.5, 0.6) is 0 Å². The molecule has 0 bridgehead atoms. The number of nitrogens with zero attached hydrogens (tertiary/aromatic N) is 1. The van der Waals surface area contributed by atoms with Crippen LogP contribution in [0.25, 0.3) is 22.2 Å². The number of benzene rings is 3. The monoisotopic (exact) mass is 377 g/mol. The number of aromatic amines is 1. The van der Waals surface area contributed by atoms with Crippen LogP contribution < -0.4 is 5.32 Å². The molecule has 27 heavy (non-hydrogen) atoms. The Bertz CT molecular complexity index is 1140. The smallest absolute Gasteiger partial charge is 0.337 e. The molecule has 0 radical (unpaired) electrons. The maximum absolute atomic E-state index is 11.8. The number of aromatic nitrogens is 2. The Morgan fingerprint density at radius 2 is 1.93 bits per heavy atom. The third kappa shape index (κ3) is 3.37. The van der Waals surface area contributed by atoms with Gasteiger partial charge < -0.3 is 10.1 Å². The highest BCUT2D eigenvalue weighted by Crippen LogP contribution is 2.31. The summed E-state index contributed by atoms with van der Waals surface area (Å²) < 4.78 is 4.79. The van der Waals surface area contributed by atoms with E-state index in [2.05, 4.69) is 15.5 Å². The summed E-state index contributed by atoms with van der Waals surface area (Å²) >= 11 is 6.21. The van der Waals surface area contributed by atoms with Gasteiger partial charge in [0.1, 0.15) is 0 Å². The summed E-state index contributed by atoms with van der Waals surface area (Å²) in [6, 6.07) is 20.7. The number of para-hydroxylation sites is 1. The second kappa shape index (κ2) is 7.13. The zero-order valence-corrected chi connectivity index (χ0v) is 15.2. The van der Waals surface area contributed by atoms with Crippen LogP contribution in [0.15, 0.2) is 66.7 Å². The molecule has 1 aromatic heterocycles. The first kappa shape index (κ1) is 17.1. The molecule has 0 amide bonds. The zero-order chi connectivity index (χ0) is 18.8. The van der Waals surface area contributed by atoms with Gasteiger partial charge in [0.15, 0.2) is 0 Å². The topological polar surface area (TPSA) is 67.0 Å². The Labute approximate surface area is 160 Å². The third-order valence-electron chi connectivity index (χ3n) is 4.27. The summed E-state index contributed by atoms with van der Waals surface area (Å²) in [5, 5.41) is 12.4.